The Labute approximate surface area is 96.6 Å². The Morgan fingerprint density at radius 2 is 2.13 bits per heavy atom. The van der Waals surface area contributed by atoms with Crippen LogP contribution in [0.3, 0.4) is 0 Å². The molecular formula is C11H19NO2S. The Kier molecular flexibility index (Phi) is 3.71. The van der Waals surface area contributed by atoms with Crippen molar-refractivity contribution in [2.24, 2.45) is 5.92 Å². The van der Waals surface area contributed by atoms with Crippen LogP contribution in [0.1, 0.15) is 40.5 Å². The molecule has 3 nitrogen and oxygen atoms in total. The highest BCUT2D eigenvalue weighted by Gasteiger charge is 2.30. The van der Waals surface area contributed by atoms with Crippen LogP contribution in [0.25, 0.3) is 0 Å². The van der Waals surface area contributed by atoms with Crippen molar-refractivity contribution in [1.29, 1.82) is 0 Å². The number of hydrogen-bond acceptors (Lipinski definition) is 3. The molecule has 1 unspecified atom stereocenters. The van der Waals surface area contributed by atoms with Gasteiger partial charge in [0, 0.05) is 12.5 Å². The lowest BCUT2D eigenvalue weighted by Gasteiger charge is -2.30. The van der Waals surface area contributed by atoms with Crippen molar-refractivity contribution in [2.45, 2.75) is 52.2 Å². The Morgan fingerprint density at radius 3 is 2.60 bits per heavy atom. The fourth-order valence-corrected chi connectivity index (χ4v) is 2.09. The molecule has 86 valence electrons. The summed E-state index contributed by atoms with van der Waals surface area (Å²) in [5.41, 5.74) is -0.410. The van der Waals surface area contributed by atoms with E-state index in [1.807, 2.05) is 27.7 Å². The first-order chi connectivity index (χ1) is 6.78. The highest BCUT2D eigenvalue weighted by atomic mass is 32.1. The number of thiocarbonyl (C=S) groups is 1. The van der Waals surface area contributed by atoms with E-state index < -0.39 is 5.60 Å². The van der Waals surface area contributed by atoms with E-state index >= 15 is 0 Å². The molecule has 0 saturated carbocycles. The molecule has 0 aromatic carbocycles. The number of piperidine rings is 1. The second kappa shape index (κ2) is 4.47. The van der Waals surface area contributed by atoms with E-state index in [0.29, 0.717) is 6.42 Å². The summed E-state index contributed by atoms with van der Waals surface area (Å²) in [4.78, 5) is 12.6. The van der Waals surface area contributed by atoms with Gasteiger partial charge in [0.05, 0.1) is 10.9 Å². The smallest absolute Gasteiger partial charge is 0.309 e. The number of rotatable bonds is 1. The molecule has 0 aromatic heterocycles. The molecular weight excluding hydrogens is 210 g/mol. The van der Waals surface area contributed by atoms with E-state index in [1.165, 1.54) is 0 Å². The van der Waals surface area contributed by atoms with Gasteiger partial charge in [0.2, 0.25) is 0 Å². The van der Waals surface area contributed by atoms with Gasteiger partial charge in [-0.05, 0) is 34.1 Å². The van der Waals surface area contributed by atoms with Crippen LogP contribution in [0, 0.1) is 5.92 Å². The molecule has 4 heteroatoms. The predicted octanol–water partition coefficient (Wildman–Crippen LogP) is 2.04. The van der Waals surface area contributed by atoms with Gasteiger partial charge in [0.15, 0.2) is 0 Å². The van der Waals surface area contributed by atoms with Crippen molar-refractivity contribution < 1.29 is 9.53 Å². The SMILES string of the molecule is C[C@H]1CC(C(=O)OC(C)(C)C)CC(=S)N1. The maximum atomic E-state index is 11.8. The summed E-state index contributed by atoms with van der Waals surface area (Å²) in [6, 6.07) is 0.267. The van der Waals surface area contributed by atoms with Crippen LogP contribution in [0.15, 0.2) is 0 Å². The normalized spacial score (nSPS) is 27.1. The number of hydrogen-bond donors (Lipinski definition) is 1. The standard InChI is InChI=1S/C11H19NO2S/c1-7-5-8(6-9(15)12-7)10(13)14-11(2,3)4/h7-8H,5-6H2,1-4H3,(H,12,15)/t7-,8?/m0/s1. The third kappa shape index (κ3) is 4.16. The average molecular weight is 229 g/mol. The molecule has 0 aliphatic carbocycles. The first kappa shape index (κ1) is 12.4. The summed E-state index contributed by atoms with van der Waals surface area (Å²) in [5.74, 6) is -0.203. The van der Waals surface area contributed by atoms with Gasteiger partial charge in [-0.25, -0.2) is 0 Å². The molecule has 0 spiro atoms. The number of carbonyl (C=O) groups is 1. The molecule has 2 atom stereocenters. The third-order valence-electron chi connectivity index (χ3n) is 2.22. The zero-order chi connectivity index (χ0) is 11.6. The number of nitrogens with one attached hydrogen (secondary N) is 1. The zero-order valence-corrected chi connectivity index (χ0v) is 10.6. The molecule has 1 aliphatic heterocycles. The van der Waals surface area contributed by atoms with Crippen molar-refractivity contribution in [2.75, 3.05) is 0 Å². The van der Waals surface area contributed by atoms with Gasteiger partial charge in [-0.2, -0.15) is 0 Å². The van der Waals surface area contributed by atoms with Crippen LogP contribution in [0.5, 0.6) is 0 Å². The lowest BCUT2D eigenvalue weighted by Crippen LogP contribution is -2.43. The van der Waals surface area contributed by atoms with Crippen LogP contribution in [-0.2, 0) is 9.53 Å². The van der Waals surface area contributed by atoms with E-state index in [4.69, 9.17) is 17.0 Å². The summed E-state index contributed by atoms with van der Waals surface area (Å²) in [7, 11) is 0. The summed E-state index contributed by atoms with van der Waals surface area (Å²) in [6.07, 6.45) is 1.42. The molecule has 0 radical (unpaired) electrons. The average Bonchev–Trinajstić information content (AvgIpc) is 1.98. The van der Waals surface area contributed by atoms with Crippen LogP contribution >= 0.6 is 12.2 Å². The highest BCUT2D eigenvalue weighted by molar-refractivity contribution is 7.80. The molecule has 15 heavy (non-hydrogen) atoms. The molecule has 1 aliphatic rings. The Hall–Kier alpha value is -0.640. The Bertz CT molecular complexity index is 270. The fraction of sp³-hybridized carbons (Fsp3) is 0.818. The number of ether oxygens (including phenoxy) is 1. The molecule has 0 aromatic rings. The van der Waals surface area contributed by atoms with Gasteiger partial charge in [-0.15, -0.1) is 0 Å². The Morgan fingerprint density at radius 1 is 1.53 bits per heavy atom. The van der Waals surface area contributed by atoms with Crippen molar-refractivity contribution in [3.63, 3.8) is 0 Å². The first-order valence-corrected chi connectivity index (χ1v) is 5.71. The second-order valence-corrected chi connectivity index (χ2v) is 5.63. The highest BCUT2D eigenvalue weighted by Crippen LogP contribution is 2.21. The zero-order valence-electron chi connectivity index (χ0n) is 9.79. The van der Waals surface area contributed by atoms with Crippen LogP contribution in [0.4, 0.5) is 0 Å². The lowest BCUT2D eigenvalue weighted by atomic mass is 9.93. The van der Waals surface area contributed by atoms with E-state index in [-0.39, 0.29) is 17.9 Å². The topological polar surface area (TPSA) is 38.3 Å². The van der Waals surface area contributed by atoms with E-state index in [0.717, 1.165) is 11.4 Å². The monoisotopic (exact) mass is 229 g/mol. The van der Waals surface area contributed by atoms with Gasteiger partial charge < -0.3 is 10.1 Å². The molecule has 0 amide bonds. The van der Waals surface area contributed by atoms with E-state index in [9.17, 15) is 4.79 Å². The lowest BCUT2D eigenvalue weighted by molar-refractivity contribution is -0.160. The minimum absolute atomic E-state index is 0.0759. The minimum Gasteiger partial charge on any atom is -0.460 e. The van der Waals surface area contributed by atoms with E-state index in [2.05, 4.69) is 5.32 Å². The van der Waals surface area contributed by atoms with Crippen LogP contribution in [-0.4, -0.2) is 22.6 Å². The molecule has 1 fully saturated rings. The maximum Gasteiger partial charge on any atom is 0.309 e. The van der Waals surface area contributed by atoms with Gasteiger partial charge in [0.25, 0.3) is 0 Å². The van der Waals surface area contributed by atoms with Gasteiger partial charge in [-0.3, -0.25) is 4.79 Å². The fourth-order valence-electron chi connectivity index (χ4n) is 1.69. The predicted molar refractivity (Wildman–Crippen MR) is 63.8 cm³/mol. The Balaban J connectivity index is 2.56. The van der Waals surface area contributed by atoms with Gasteiger partial charge in [0.1, 0.15) is 5.60 Å². The van der Waals surface area contributed by atoms with Gasteiger partial charge in [-0.1, -0.05) is 12.2 Å². The summed E-state index contributed by atoms with van der Waals surface area (Å²) >= 11 is 5.10. The second-order valence-electron chi connectivity index (χ2n) is 5.14. The number of carbonyl (C=O) groups excluding carboxylic acids is 1. The quantitative estimate of drug-likeness (QED) is 0.551. The molecule has 1 heterocycles. The van der Waals surface area contributed by atoms with E-state index in [1.54, 1.807) is 0 Å². The number of esters is 1. The van der Waals surface area contributed by atoms with Gasteiger partial charge >= 0.3 is 5.97 Å². The third-order valence-corrected chi connectivity index (χ3v) is 2.50. The summed E-state index contributed by atoms with van der Waals surface area (Å²) in [6.45, 7) is 7.68. The molecule has 0 bridgehead atoms. The van der Waals surface area contributed by atoms with Crippen molar-refractivity contribution in [3.05, 3.63) is 0 Å². The first-order valence-electron chi connectivity index (χ1n) is 5.30. The largest absolute Gasteiger partial charge is 0.460 e. The molecule has 1 rings (SSSR count). The van der Waals surface area contributed by atoms with Crippen molar-refractivity contribution >= 4 is 23.2 Å². The molecule has 1 saturated heterocycles. The summed E-state index contributed by atoms with van der Waals surface area (Å²) < 4.78 is 5.35. The summed E-state index contributed by atoms with van der Waals surface area (Å²) in [5, 5.41) is 3.15. The maximum absolute atomic E-state index is 11.8. The van der Waals surface area contributed by atoms with Crippen LogP contribution in [0.2, 0.25) is 0 Å². The van der Waals surface area contributed by atoms with Crippen LogP contribution < -0.4 is 5.32 Å². The van der Waals surface area contributed by atoms with Crippen molar-refractivity contribution in [3.8, 4) is 0 Å². The molecule has 1 N–H and O–H groups in total. The minimum atomic E-state index is -0.410. The van der Waals surface area contributed by atoms with Crippen molar-refractivity contribution in [1.82, 2.24) is 5.32 Å².